The SMILES string of the molecule is CCC(C(=O)NC(C)C)N(Cc1cccc(OC)c1)C(=O)CCCN(c1ccccc1OC)S(C)(=O)=O. The van der Waals surface area contributed by atoms with Gasteiger partial charge in [-0.15, -0.1) is 0 Å². The highest BCUT2D eigenvalue weighted by molar-refractivity contribution is 7.92. The maximum atomic E-state index is 13.5. The number of ether oxygens (including phenoxy) is 2. The largest absolute Gasteiger partial charge is 0.497 e. The minimum Gasteiger partial charge on any atom is -0.497 e. The van der Waals surface area contributed by atoms with Gasteiger partial charge in [-0.1, -0.05) is 31.2 Å². The number of carbonyl (C=O) groups is 2. The predicted octanol–water partition coefficient (Wildman–Crippen LogP) is 3.58. The lowest BCUT2D eigenvalue weighted by molar-refractivity contribution is -0.141. The number of anilines is 1. The smallest absolute Gasteiger partial charge is 0.243 e. The molecule has 0 aliphatic rings. The molecule has 9 nitrogen and oxygen atoms in total. The Morgan fingerprint density at radius 1 is 1.03 bits per heavy atom. The van der Waals surface area contributed by atoms with Gasteiger partial charge in [0.15, 0.2) is 0 Å². The molecule has 0 aliphatic heterocycles. The zero-order chi connectivity index (χ0) is 27.6. The Balaban J connectivity index is 2.26. The van der Waals surface area contributed by atoms with E-state index in [1.165, 1.54) is 11.4 Å². The van der Waals surface area contributed by atoms with Crippen LogP contribution in [0.5, 0.6) is 11.5 Å². The maximum Gasteiger partial charge on any atom is 0.243 e. The van der Waals surface area contributed by atoms with Crippen molar-refractivity contribution in [1.29, 1.82) is 0 Å². The molecule has 1 atom stereocenters. The number of rotatable bonds is 14. The lowest BCUT2D eigenvalue weighted by Crippen LogP contribution is -2.50. The van der Waals surface area contributed by atoms with Crippen molar-refractivity contribution in [2.45, 2.75) is 58.7 Å². The number of sulfonamides is 1. The molecule has 2 aromatic carbocycles. The van der Waals surface area contributed by atoms with Gasteiger partial charge in [0.05, 0.1) is 26.2 Å². The van der Waals surface area contributed by atoms with Crippen molar-refractivity contribution in [2.75, 3.05) is 31.3 Å². The fourth-order valence-electron chi connectivity index (χ4n) is 4.09. The molecule has 2 rings (SSSR count). The van der Waals surface area contributed by atoms with Gasteiger partial charge in [0.2, 0.25) is 21.8 Å². The van der Waals surface area contributed by atoms with Crippen LogP contribution in [0.3, 0.4) is 0 Å². The Bertz CT molecular complexity index is 1150. The van der Waals surface area contributed by atoms with Crippen LogP contribution in [-0.2, 0) is 26.2 Å². The van der Waals surface area contributed by atoms with Crippen LogP contribution in [0.15, 0.2) is 48.5 Å². The van der Waals surface area contributed by atoms with Crippen LogP contribution < -0.4 is 19.1 Å². The summed E-state index contributed by atoms with van der Waals surface area (Å²) in [5, 5.41) is 2.91. The van der Waals surface area contributed by atoms with Gasteiger partial charge in [0.1, 0.15) is 17.5 Å². The van der Waals surface area contributed by atoms with E-state index in [9.17, 15) is 18.0 Å². The van der Waals surface area contributed by atoms with Crippen molar-refractivity contribution < 1.29 is 27.5 Å². The Kier molecular flexibility index (Phi) is 11.2. The number of hydrogen-bond donors (Lipinski definition) is 1. The van der Waals surface area contributed by atoms with Gasteiger partial charge < -0.3 is 19.7 Å². The van der Waals surface area contributed by atoms with Gasteiger partial charge >= 0.3 is 0 Å². The summed E-state index contributed by atoms with van der Waals surface area (Å²) in [7, 11) is -0.572. The Morgan fingerprint density at radius 3 is 2.32 bits per heavy atom. The number of benzene rings is 2. The van der Waals surface area contributed by atoms with E-state index in [1.807, 2.05) is 45.0 Å². The van der Waals surface area contributed by atoms with Gasteiger partial charge in [-0.05, 0) is 56.5 Å². The highest BCUT2D eigenvalue weighted by atomic mass is 32.2. The van der Waals surface area contributed by atoms with E-state index in [1.54, 1.807) is 36.3 Å². The highest BCUT2D eigenvalue weighted by Gasteiger charge is 2.29. The van der Waals surface area contributed by atoms with E-state index in [2.05, 4.69) is 5.32 Å². The summed E-state index contributed by atoms with van der Waals surface area (Å²) >= 11 is 0. The Hall–Kier alpha value is -3.27. The first-order valence-electron chi connectivity index (χ1n) is 12.3. The Labute approximate surface area is 220 Å². The molecule has 204 valence electrons. The number of methoxy groups -OCH3 is 2. The van der Waals surface area contributed by atoms with Gasteiger partial charge in [-0.2, -0.15) is 0 Å². The summed E-state index contributed by atoms with van der Waals surface area (Å²) in [4.78, 5) is 28.1. The first kappa shape index (κ1) is 30.0. The molecule has 0 fully saturated rings. The van der Waals surface area contributed by atoms with E-state index >= 15 is 0 Å². The number of para-hydroxylation sites is 2. The normalized spacial score (nSPS) is 12.1. The number of carbonyl (C=O) groups excluding carboxylic acids is 2. The van der Waals surface area contributed by atoms with E-state index in [-0.39, 0.29) is 43.8 Å². The molecule has 0 bridgehead atoms. The first-order valence-corrected chi connectivity index (χ1v) is 14.2. The molecule has 0 heterocycles. The van der Waals surface area contributed by atoms with E-state index in [0.717, 1.165) is 11.8 Å². The topological polar surface area (TPSA) is 105 Å². The lowest BCUT2D eigenvalue weighted by Gasteiger charge is -2.31. The molecule has 1 N–H and O–H groups in total. The van der Waals surface area contributed by atoms with Crippen LogP contribution in [0.25, 0.3) is 0 Å². The molecule has 37 heavy (non-hydrogen) atoms. The van der Waals surface area contributed by atoms with Crippen LogP contribution in [0, 0.1) is 0 Å². The third-order valence-electron chi connectivity index (χ3n) is 5.81. The molecule has 0 saturated carbocycles. The summed E-state index contributed by atoms with van der Waals surface area (Å²) in [5.74, 6) is 0.628. The second-order valence-electron chi connectivity index (χ2n) is 9.07. The predicted molar refractivity (Wildman–Crippen MR) is 145 cm³/mol. The minimum atomic E-state index is -3.62. The number of hydrogen-bond acceptors (Lipinski definition) is 6. The summed E-state index contributed by atoms with van der Waals surface area (Å²) in [6.07, 6.45) is 1.89. The van der Waals surface area contributed by atoms with E-state index < -0.39 is 16.1 Å². The summed E-state index contributed by atoms with van der Waals surface area (Å²) < 4.78 is 37.0. The van der Waals surface area contributed by atoms with Crippen LogP contribution in [0.2, 0.25) is 0 Å². The van der Waals surface area contributed by atoms with E-state index in [4.69, 9.17) is 9.47 Å². The molecule has 2 amide bonds. The fraction of sp³-hybridized carbons (Fsp3) is 0.481. The van der Waals surface area contributed by atoms with Gasteiger partial charge in [-0.25, -0.2) is 8.42 Å². The van der Waals surface area contributed by atoms with Crippen molar-refractivity contribution in [1.82, 2.24) is 10.2 Å². The molecule has 0 aliphatic carbocycles. The van der Waals surface area contributed by atoms with Crippen LogP contribution in [0.4, 0.5) is 5.69 Å². The third kappa shape index (κ3) is 8.66. The van der Waals surface area contributed by atoms with Crippen molar-refractivity contribution in [3.05, 3.63) is 54.1 Å². The quantitative estimate of drug-likeness (QED) is 0.398. The van der Waals surface area contributed by atoms with Gasteiger partial charge in [-0.3, -0.25) is 13.9 Å². The lowest BCUT2D eigenvalue weighted by atomic mass is 10.1. The maximum absolute atomic E-state index is 13.5. The molecule has 10 heteroatoms. The number of nitrogens with one attached hydrogen (secondary N) is 1. The molecular formula is C27H39N3O6S. The van der Waals surface area contributed by atoms with Crippen molar-refractivity contribution in [3.63, 3.8) is 0 Å². The molecule has 2 aromatic rings. The molecule has 0 spiro atoms. The fourth-order valence-corrected chi connectivity index (χ4v) is 5.05. The second kappa shape index (κ2) is 13.9. The standard InChI is InChI=1S/C27H39N3O6S/c1-7-23(27(32)28-20(2)3)29(19-21-12-10-13-22(18-21)35-4)26(31)16-11-17-30(37(6,33)34)24-14-8-9-15-25(24)36-5/h8-10,12-15,18,20,23H,7,11,16-17,19H2,1-6H3,(H,28,32). The van der Waals surface area contributed by atoms with Crippen LogP contribution >= 0.6 is 0 Å². The average Bonchev–Trinajstić information content (AvgIpc) is 2.85. The monoisotopic (exact) mass is 533 g/mol. The summed E-state index contributed by atoms with van der Waals surface area (Å²) in [5.41, 5.74) is 1.24. The minimum absolute atomic E-state index is 0.0661. The molecule has 0 aromatic heterocycles. The highest BCUT2D eigenvalue weighted by Crippen LogP contribution is 2.30. The van der Waals surface area contributed by atoms with Crippen molar-refractivity contribution >= 4 is 27.5 Å². The molecule has 0 saturated heterocycles. The first-order chi connectivity index (χ1) is 17.5. The molecule has 0 radical (unpaired) electrons. The molecule has 1 unspecified atom stereocenters. The van der Waals surface area contributed by atoms with Crippen LogP contribution in [0.1, 0.15) is 45.6 Å². The van der Waals surface area contributed by atoms with Crippen molar-refractivity contribution in [2.24, 2.45) is 0 Å². The second-order valence-corrected chi connectivity index (χ2v) is 11.0. The summed E-state index contributed by atoms with van der Waals surface area (Å²) in [6.45, 7) is 5.92. The van der Waals surface area contributed by atoms with Gasteiger partial charge in [0.25, 0.3) is 0 Å². The zero-order valence-corrected chi connectivity index (χ0v) is 23.4. The number of nitrogens with zero attached hydrogens (tertiary/aromatic N) is 2. The third-order valence-corrected chi connectivity index (χ3v) is 6.99. The zero-order valence-electron chi connectivity index (χ0n) is 22.6. The van der Waals surface area contributed by atoms with Gasteiger partial charge in [0, 0.05) is 25.6 Å². The van der Waals surface area contributed by atoms with E-state index in [0.29, 0.717) is 23.6 Å². The number of amides is 2. The van der Waals surface area contributed by atoms with Crippen molar-refractivity contribution in [3.8, 4) is 11.5 Å². The average molecular weight is 534 g/mol. The Morgan fingerprint density at radius 2 is 1.73 bits per heavy atom. The van der Waals surface area contributed by atoms with Crippen LogP contribution in [-0.4, -0.2) is 64.2 Å². The molecular weight excluding hydrogens is 494 g/mol. The summed E-state index contributed by atoms with van der Waals surface area (Å²) in [6, 6.07) is 13.5.